The van der Waals surface area contributed by atoms with E-state index in [0.29, 0.717) is 12.2 Å². The van der Waals surface area contributed by atoms with Crippen LogP contribution in [0.2, 0.25) is 0 Å². The first-order chi connectivity index (χ1) is 15.9. The zero-order valence-electron chi connectivity index (χ0n) is 19.8. The molecular weight excluding hydrogens is 424 g/mol. The van der Waals surface area contributed by atoms with Gasteiger partial charge in [0.25, 0.3) is 0 Å². The van der Waals surface area contributed by atoms with E-state index >= 15 is 0 Å². The summed E-state index contributed by atoms with van der Waals surface area (Å²) in [4.78, 5) is 5.35. The number of aryl methyl sites for hydroxylation is 3. The number of thiazole rings is 1. The van der Waals surface area contributed by atoms with Crippen LogP contribution in [-0.4, -0.2) is 4.98 Å². The number of benzene rings is 3. The highest BCUT2D eigenvalue weighted by molar-refractivity contribution is 7.09. The smallest absolute Gasteiger partial charge is 0.119 e. The minimum Gasteiger partial charge on any atom is -0.363 e. The molecule has 1 unspecified atom stereocenters. The average Bonchev–Trinajstić information content (AvgIpc) is 3.35. The maximum Gasteiger partial charge on any atom is 0.119 e. The van der Waals surface area contributed by atoms with Gasteiger partial charge in [-0.3, -0.25) is 4.98 Å². The third kappa shape index (κ3) is 4.61. The fraction of sp³-hybridized carbons (Fsp3) is 0.241. The van der Waals surface area contributed by atoms with Crippen LogP contribution in [0.5, 0.6) is 0 Å². The van der Waals surface area contributed by atoms with Gasteiger partial charge in [0.1, 0.15) is 6.10 Å². The van der Waals surface area contributed by atoms with Gasteiger partial charge in [-0.1, -0.05) is 36.4 Å². The Morgan fingerprint density at radius 1 is 0.909 bits per heavy atom. The van der Waals surface area contributed by atoms with E-state index in [1.807, 2.05) is 36.0 Å². The van der Waals surface area contributed by atoms with Crippen molar-refractivity contribution in [1.82, 2.24) is 4.98 Å². The highest BCUT2D eigenvalue weighted by Gasteiger charge is 2.21. The Labute approximate surface area is 200 Å². The van der Waals surface area contributed by atoms with E-state index in [0.717, 1.165) is 27.1 Å². The third-order valence-electron chi connectivity index (χ3n) is 6.53. The first-order valence-electron chi connectivity index (χ1n) is 11.1. The van der Waals surface area contributed by atoms with Crippen LogP contribution in [0.3, 0.4) is 0 Å². The van der Waals surface area contributed by atoms with Gasteiger partial charge in [-0.25, -0.2) is 0 Å². The van der Waals surface area contributed by atoms with E-state index in [-0.39, 0.29) is 6.10 Å². The molecule has 3 nitrogen and oxygen atoms in total. The molecule has 0 saturated heterocycles. The van der Waals surface area contributed by atoms with Gasteiger partial charge in [-0.05, 0) is 91.3 Å². The summed E-state index contributed by atoms with van der Waals surface area (Å²) in [5.41, 5.74) is 13.0. The van der Waals surface area contributed by atoms with E-state index in [1.54, 1.807) is 11.3 Å². The molecule has 0 spiro atoms. The molecule has 0 bridgehead atoms. The van der Waals surface area contributed by atoms with Crippen LogP contribution in [0.1, 0.15) is 55.5 Å². The Morgan fingerprint density at radius 2 is 1.64 bits per heavy atom. The van der Waals surface area contributed by atoms with Gasteiger partial charge in [0.05, 0.1) is 28.6 Å². The summed E-state index contributed by atoms with van der Waals surface area (Å²) in [6.45, 7) is 11.2. The molecule has 33 heavy (non-hydrogen) atoms. The van der Waals surface area contributed by atoms with Gasteiger partial charge in [-0.2, -0.15) is 5.26 Å². The molecule has 0 aliphatic heterocycles. The standard InChI is InChI=1S/C29H28N2OS/c1-18-8-6-7-9-25(18)26-13-23(10-11-24(26)14-30)29(28-15-31-17-33-28)32-16-27-21(4)19(2)12-20(3)22(27)5/h6-13,15,17,29H,16H2,1-5H3. The summed E-state index contributed by atoms with van der Waals surface area (Å²) in [5.74, 6) is 0. The molecule has 4 rings (SSSR count). The molecule has 0 fully saturated rings. The maximum atomic E-state index is 9.76. The molecule has 0 saturated carbocycles. The molecule has 1 heterocycles. The lowest BCUT2D eigenvalue weighted by Gasteiger charge is -2.21. The number of hydrogen-bond donors (Lipinski definition) is 0. The van der Waals surface area contributed by atoms with Crippen LogP contribution in [-0.2, 0) is 11.3 Å². The summed E-state index contributed by atoms with van der Waals surface area (Å²) in [6.07, 6.45) is 1.62. The molecule has 1 aromatic heterocycles. The maximum absolute atomic E-state index is 9.76. The Bertz CT molecular complexity index is 1310. The van der Waals surface area contributed by atoms with Crippen molar-refractivity contribution in [3.05, 3.63) is 110 Å². The fourth-order valence-corrected chi connectivity index (χ4v) is 4.99. The van der Waals surface area contributed by atoms with Gasteiger partial charge in [0, 0.05) is 11.8 Å². The van der Waals surface area contributed by atoms with Crippen LogP contribution < -0.4 is 0 Å². The Kier molecular flexibility index (Phi) is 6.74. The molecule has 0 aliphatic rings. The predicted octanol–water partition coefficient (Wildman–Crippen LogP) is 7.53. The van der Waals surface area contributed by atoms with E-state index in [2.05, 4.69) is 69.9 Å². The van der Waals surface area contributed by atoms with E-state index < -0.39 is 0 Å². The highest BCUT2D eigenvalue weighted by atomic mass is 32.1. The summed E-state index contributed by atoms with van der Waals surface area (Å²) < 4.78 is 6.61. The lowest BCUT2D eigenvalue weighted by atomic mass is 9.93. The van der Waals surface area contributed by atoms with Crippen LogP contribution >= 0.6 is 11.3 Å². The van der Waals surface area contributed by atoms with Crippen molar-refractivity contribution in [2.75, 3.05) is 0 Å². The van der Waals surface area contributed by atoms with Crippen molar-refractivity contribution in [1.29, 1.82) is 5.26 Å². The van der Waals surface area contributed by atoms with E-state index in [9.17, 15) is 5.26 Å². The van der Waals surface area contributed by atoms with Gasteiger partial charge in [0.15, 0.2) is 0 Å². The molecule has 0 N–H and O–H groups in total. The number of hydrogen-bond acceptors (Lipinski definition) is 4. The van der Waals surface area contributed by atoms with Gasteiger partial charge >= 0.3 is 0 Å². The highest BCUT2D eigenvalue weighted by Crippen LogP contribution is 2.35. The Morgan fingerprint density at radius 3 is 2.27 bits per heavy atom. The Hall–Kier alpha value is -3.26. The van der Waals surface area contributed by atoms with Gasteiger partial charge < -0.3 is 4.74 Å². The largest absolute Gasteiger partial charge is 0.363 e. The molecule has 0 radical (unpaired) electrons. The molecule has 4 heteroatoms. The van der Waals surface area contributed by atoms with Gasteiger partial charge in [-0.15, -0.1) is 11.3 Å². The summed E-state index contributed by atoms with van der Waals surface area (Å²) in [6, 6.07) is 18.8. The normalized spacial score (nSPS) is 11.9. The number of nitrogens with zero attached hydrogens (tertiary/aromatic N) is 2. The summed E-state index contributed by atoms with van der Waals surface area (Å²) in [5, 5.41) is 9.76. The number of aromatic nitrogens is 1. The fourth-order valence-electron chi connectivity index (χ4n) is 4.30. The summed E-state index contributed by atoms with van der Waals surface area (Å²) >= 11 is 1.59. The van der Waals surface area contributed by atoms with Gasteiger partial charge in [0.2, 0.25) is 0 Å². The quantitative estimate of drug-likeness (QED) is 0.304. The minimum absolute atomic E-state index is 0.257. The Balaban J connectivity index is 1.77. The lowest BCUT2D eigenvalue weighted by Crippen LogP contribution is -2.09. The van der Waals surface area contributed by atoms with Crippen molar-refractivity contribution in [3.8, 4) is 17.2 Å². The molecule has 166 valence electrons. The van der Waals surface area contributed by atoms with E-state index in [4.69, 9.17) is 4.74 Å². The predicted molar refractivity (Wildman–Crippen MR) is 135 cm³/mol. The second-order valence-corrected chi connectivity index (χ2v) is 9.48. The molecule has 3 aromatic carbocycles. The van der Waals surface area contributed by atoms with Crippen molar-refractivity contribution >= 4 is 11.3 Å². The third-order valence-corrected chi connectivity index (χ3v) is 7.35. The molecule has 0 amide bonds. The van der Waals surface area contributed by atoms with Crippen LogP contribution in [0, 0.1) is 45.9 Å². The topological polar surface area (TPSA) is 45.9 Å². The molecule has 1 atom stereocenters. The molecular formula is C29H28N2OS. The monoisotopic (exact) mass is 452 g/mol. The van der Waals surface area contributed by atoms with Crippen molar-refractivity contribution in [2.45, 2.75) is 47.3 Å². The van der Waals surface area contributed by atoms with Crippen LogP contribution in [0.25, 0.3) is 11.1 Å². The number of nitriles is 1. The lowest BCUT2D eigenvalue weighted by molar-refractivity contribution is 0.0682. The number of rotatable bonds is 6. The van der Waals surface area contributed by atoms with E-state index in [1.165, 1.54) is 27.8 Å². The first kappa shape index (κ1) is 22.9. The SMILES string of the molecule is Cc1ccccc1-c1cc(C(OCc2c(C)c(C)cc(C)c2C)c2cncs2)ccc1C#N. The minimum atomic E-state index is -0.257. The second-order valence-electron chi connectivity index (χ2n) is 8.57. The zero-order chi connectivity index (χ0) is 23.5. The molecule has 4 aromatic rings. The average molecular weight is 453 g/mol. The van der Waals surface area contributed by atoms with Crippen molar-refractivity contribution in [3.63, 3.8) is 0 Å². The summed E-state index contributed by atoms with van der Waals surface area (Å²) in [7, 11) is 0. The second kappa shape index (κ2) is 9.70. The zero-order valence-corrected chi connectivity index (χ0v) is 20.6. The van der Waals surface area contributed by atoms with Crippen molar-refractivity contribution < 1.29 is 4.74 Å². The van der Waals surface area contributed by atoms with Crippen molar-refractivity contribution in [2.24, 2.45) is 0 Å². The molecule has 0 aliphatic carbocycles. The van der Waals surface area contributed by atoms with Crippen LogP contribution in [0.4, 0.5) is 0 Å². The number of ether oxygens (including phenoxy) is 1. The first-order valence-corrected chi connectivity index (χ1v) is 11.9. The van der Waals surface area contributed by atoms with Crippen LogP contribution in [0.15, 0.2) is 60.2 Å².